The number of hydrogen-bond acceptors (Lipinski definition) is 6. The number of aromatic nitrogens is 2. The van der Waals surface area contributed by atoms with Crippen LogP contribution in [0.1, 0.15) is 40.2 Å². The minimum atomic E-state index is -0.504. The molecule has 0 saturated carbocycles. The van der Waals surface area contributed by atoms with Gasteiger partial charge in [-0.15, -0.1) is 11.3 Å². The third-order valence-corrected chi connectivity index (χ3v) is 6.57. The summed E-state index contributed by atoms with van der Waals surface area (Å²) in [5.41, 5.74) is 0.988. The van der Waals surface area contributed by atoms with Gasteiger partial charge in [0.15, 0.2) is 10.8 Å². The van der Waals surface area contributed by atoms with Crippen LogP contribution in [0.15, 0.2) is 54.9 Å². The molecule has 162 valence electrons. The van der Waals surface area contributed by atoms with Crippen molar-refractivity contribution in [2.75, 3.05) is 25.6 Å². The van der Waals surface area contributed by atoms with E-state index in [-0.39, 0.29) is 17.1 Å². The highest BCUT2D eigenvalue weighted by Crippen LogP contribution is 2.34. The van der Waals surface area contributed by atoms with Gasteiger partial charge < -0.3 is 19.4 Å². The predicted octanol–water partition coefficient (Wildman–Crippen LogP) is 3.86. The van der Waals surface area contributed by atoms with Crippen molar-refractivity contribution in [1.29, 1.82) is 0 Å². The third kappa shape index (κ3) is 4.86. The van der Waals surface area contributed by atoms with Gasteiger partial charge in [-0.2, -0.15) is 0 Å². The lowest BCUT2D eigenvalue weighted by atomic mass is 9.86. The molecule has 1 aromatic carbocycles. The van der Waals surface area contributed by atoms with Crippen LogP contribution >= 0.6 is 11.3 Å². The lowest BCUT2D eigenvalue weighted by molar-refractivity contribution is -0.119. The third-order valence-electron chi connectivity index (χ3n) is 5.60. The molecule has 4 rings (SSSR count). The zero-order valence-corrected chi connectivity index (χ0v) is 18.2. The summed E-state index contributed by atoms with van der Waals surface area (Å²) in [5.74, 6) is -0.636. The second kappa shape index (κ2) is 9.45. The molecule has 0 radical (unpaired) electrons. The molecule has 1 saturated heterocycles. The summed E-state index contributed by atoms with van der Waals surface area (Å²) in [5, 5.41) is 3.32. The van der Waals surface area contributed by atoms with Crippen molar-refractivity contribution < 1.29 is 19.1 Å². The Bertz CT molecular complexity index is 1020. The van der Waals surface area contributed by atoms with Gasteiger partial charge >= 0.3 is 5.97 Å². The SMILES string of the molecule is COC(=O)c1nc(NC(=O)CC2(n3cccc3)CCOCC2)sc1Cc1ccccc1. The van der Waals surface area contributed by atoms with Gasteiger partial charge in [0.25, 0.3) is 0 Å². The molecule has 1 aliphatic rings. The van der Waals surface area contributed by atoms with E-state index in [0.717, 1.165) is 23.3 Å². The van der Waals surface area contributed by atoms with E-state index in [1.165, 1.54) is 18.4 Å². The van der Waals surface area contributed by atoms with E-state index in [9.17, 15) is 9.59 Å². The lowest BCUT2D eigenvalue weighted by Crippen LogP contribution is -2.42. The molecule has 1 aliphatic heterocycles. The fourth-order valence-corrected chi connectivity index (χ4v) is 4.95. The van der Waals surface area contributed by atoms with E-state index in [1.807, 2.05) is 54.9 Å². The van der Waals surface area contributed by atoms with E-state index >= 15 is 0 Å². The molecule has 31 heavy (non-hydrogen) atoms. The summed E-state index contributed by atoms with van der Waals surface area (Å²) in [6, 6.07) is 13.8. The molecule has 3 aromatic rings. The number of anilines is 1. The average molecular weight is 440 g/mol. The summed E-state index contributed by atoms with van der Waals surface area (Å²) in [6.07, 6.45) is 6.37. The van der Waals surface area contributed by atoms with Gasteiger partial charge in [-0.05, 0) is 30.5 Å². The van der Waals surface area contributed by atoms with Gasteiger partial charge in [-0.3, -0.25) is 4.79 Å². The van der Waals surface area contributed by atoms with Gasteiger partial charge in [0.1, 0.15) is 0 Å². The lowest BCUT2D eigenvalue weighted by Gasteiger charge is -2.38. The number of methoxy groups -OCH3 is 1. The number of ether oxygens (including phenoxy) is 2. The fraction of sp³-hybridized carbons (Fsp3) is 0.348. The molecule has 1 N–H and O–H groups in total. The number of nitrogens with zero attached hydrogens (tertiary/aromatic N) is 2. The van der Waals surface area contributed by atoms with Crippen LogP contribution in [0.25, 0.3) is 0 Å². The summed E-state index contributed by atoms with van der Waals surface area (Å²) in [7, 11) is 1.33. The Hall–Kier alpha value is -2.97. The maximum absolute atomic E-state index is 13.0. The van der Waals surface area contributed by atoms with Crippen LogP contribution in [-0.2, 0) is 26.2 Å². The first-order valence-electron chi connectivity index (χ1n) is 10.2. The van der Waals surface area contributed by atoms with Crippen molar-refractivity contribution >= 4 is 28.3 Å². The van der Waals surface area contributed by atoms with Crippen molar-refractivity contribution in [1.82, 2.24) is 9.55 Å². The maximum atomic E-state index is 13.0. The van der Waals surface area contributed by atoms with E-state index in [2.05, 4.69) is 14.9 Å². The Morgan fingerprint density at radius 3 is 2.55 bits per heavy atom. The van der Waals surface area contributed by atoms with Crippen LogP contribution in [0.5, 0.6) is 0 Å². The molecule has 1 fully saturated rings. The standard InChI is InChI=1S/C23H25N3O4S/c1-29-21(28)20-18(15-17-7-3-2-4-8-17)31-22(25-20)24-19(27)16-23(9-13-30-14-10-23)26-11-5-6-12-26/h2-8,11-12H,9-10,13-16H2,1H3,(H,24,25,27). The molecule has 1 amide bonds. The molecule has 0 atom stereocenters. The highest BCUT2D eigenvalue weighted by atomic mass is 32.1. The van der Waals surface area contributed by atoms with Gasteiger partial charge in [-0.1, -0.05) is 30.3 Å². The topological polar surface area (TPSA) is 82.5 Å². The van der Waals surface area contributed by atoms with Crippen LogP contribution in [0.3, 0.4) is 0 Å². The van der Waals surface area contributed by atoms with Crippen molar-refractivity contribution in [3.8, 4) is 0 Å². The zero-order chi connectivity index (χ0) is 21.7. The number of carbonyl (C=O) groups excluding carboxylic acids is 2. The van der Waals surface area contributed by atoms with Crippen molar-refractivity contribution in [3.05, 3.63) is 71.0 Å². The minimum absolute atomic E-state index is 0.132. The monoisotopic (exact) mass is 439 g/mol. The minimum Gasteiger partial charge on any atom is -0.464 e. The molecule has 0 spiro atoms. The summed E-state index contributed by atoms with van der Waals surface area (Å²) in [6.45, 7) is 1.24. The Labute approximate surface area is 185 Å². The molecular weight excluding hydrogens is 414 g/mol. The van der Waals surface area contributed by atoms with E-state index in [4.69, 9.17) is 9.47 Å². The van der Waals surface area contributed by atoms with Gasteiger partial charge in [0.05, 0.1) is 19.1 Å². The molecule has 0 bridgehead atoms. The first-order chi connectivity index (χ1) is 15.1. The Morgan fingerprint density at radius 1 is 1.16 bits per heavy atom. The van der Waals surface area contributed by atoms with Gasteiger partial charge in [0, 0.05) is 36.9 Å². The molecule has 8 heteroatoms. The number of thiazole rings is 1. The largest absolute Gasteiger partial charge is 0.464 e. The van der Waals surface area contributed by atoms with Crippen LogP contribution in [0.2, 0.25) is 0 Å². The molecular formula is C23H25N3O4S. The van der Waals surface area contributed by atoms with Crippen LogP contribution in [0, 0.1) is 0 Å². The fourth-order valence-electron chi connectivity index (χ4n) is 3.95. The Morgan fingerprint density at radius 2 is 1.87 bits per heavy atom. The number of nitrogens with one attached hydrogen (secondary N) is 1. The smallest absolute Gasteiger partial charge is 0.357 e. The van der Waals surface area contributed by atoms with Crippen LogP contribution < -0.4 is 5.32 Å². The van der Waals surface area contributed by atoms with Crippen molar-refractivity contribution in [2.45, 2.75) is 31.2 Å². The Kier molecular flexibility index (Phi) is 6.48. The highest BCUT2D eigenvalue weighted by molar-refractivity contribution is 7.16. The van der Waals surface area contributed by atoms with E-state index in [1.54, 1.807) is 0 Å². The quantitative estimate of drug-likeness (QED) is 0.566. The summed E-state index contributed by atoms with van der Waals surface area (Å²) in [4.78, 5) is 30.4. The molecule has 0 unspecified atom stereocenters. The number of hydrogen-bond donors (Lipinski definition) is 1. The molecule has 3 heterocycles. The number of carbonyl (C=O) groups is 2. The van der Waals surface area contributed by atoms with Crippen LogP contribution in [0.4, 0.5) is 5.13 Å². The maximum Gasteiger partial charge on any atom is 0.357 e. The Balaban J connectivity index is 1.53. The number of benzene rings is 1. The summed E-state index contributed by atoms with van der Waals surface area (Å²) < 4.78 is 12.5. The normalized spacial score (nSPS) is 15.4. The van der Waals surface area contributed by atoms with Gasteiger partial charge in [-0.25, -0.2) is 9.78 Å². The van der Waals surface area contributed by atoms with Gasteiger partial charge in [0.2, 0.25) is 5.91 Å². The number of esters is 1. The first-order valence-corrected chi connectivity index (χ1v) is 11.0. The van der Waals surface area contributed by atoms with Crippen LogP contribution in [-0.4, -0.2) is 41.8 Å². The number of rotatable bonds is 7. The van der Waals surface area contributed by atoms with Crippen molar-refractivity contribution in [3.63, 3.8) is 0 Å². The molecule has 7 nitrogen and oxygen atoms in total. The summed E-state index contributed by atoms with van der Waals surface area (Å²) >= 11 is 1.31. The molecule has 2 aromatic heterocycles. The average Bonchev–Trinajstić information content (AvgIpc) is 3.45. The number of amides is 1. The molecule has 0 aliphatic carbocycles. The van der Waals surface area contributed by atoms with E-state index < -0.39 is 5.97 Å². The first kappa shape index (κ1) is 21.3. The highest BCUT2D eigenvalue weighted by Gasteiger charge is 2.36. The van der Waals surface area contributed by atoms with E-state index in [0.29, 0.717) is 31.2 Å². The second-order valence-corrected chi connectivity index (χ2v) is 8.68. The zero-order valence-electron chi connectivity index (χ0n) is 17.4. The predicted molar refractivity (Wildman–Crippen MR) is 118 cm³/mol. The van der Waals surface area contributed by atoms with Crippen molar-refractivity contribution in [2.24, 2.45) is 0 Å². The second-order valence-electron chi connectivity index (χ2n) is 7.60.